The normalized spacial score (nSPS) is 18.3. The topological polar surface area (TPSA) is 105 Å². The van der Waals surface area contributed by atoms with Crippen molar-refractivity contribution in [3.63, 3.8) is 0 Å². The Morgan fingerprint density at radius 3 is 2.85 bits per heavy atom. The number of aromatic amines is 1. The molecule has 20 heavy (non-hydrogen) atoms. The van der Waals surface area contributed by atoms with Gasteiger partial charge in [0.15, 0.2) is 0 Å². The molecule has 3 heterocycles. The minimum absolute atomic E-state index is 0.207. The number of sulfonamides is 1. The molecule has 0 bridgehead atoms. The van der Waals surface area contributed by atoms with E-state index in [0.717, 1.165) is 0 Å². The van der Waals surface area contributed by atoms with E-state index in [2.05, 4.69) is 15.2 Å². The Labute approximate surface area is 116 Å². The highest BCUT2D eigenvalue weighted by Gasteiger charge is 2.35. The van der Waals surface area contributed by atoms with Gasteiger partial charge >= 0.3 is 0 Å². The van der Waals surface area contributed by atoms with Crippen molar-refractivity contribution in [2.45, 2.75) is 17.9 Å². The third-order valence-corrected chi connectivity index (χ3v) is 4.88. The first-order valence-corrected chi connectivity index (χ1v) is 7.41. The summed E-state index contributed by atoms with van der Waals surface area (Å²) in [5.74, 6) is 0. The molecule has 0 aliphatic carbocycles. The lowest BCUT2D eigenvalue weighted by Crippen LogP contribution is -2.39. The monoisotopic (exact) mass is 291 g/mol. The van der Waals surface area contributed by atoms with E-state index in [0.29, 0.717) is 16.9 Å². The standard InChI is InChI=1S/C12H13N5O2S/c1-8(13)11-4-9-5-14-3-2-12(9)20(18,19)17(11)10-6-15-16-7-10/h2-8H,13H2,1H3,(H,15,16)/t8-/m0/s1. The van der Waals surface area contributed by atoms with Crippen LogP contribution in [0.1, 0.15) is 12.5 Å². The Morgan fingerprint density at radius 1 is 1.40 bits per heavy atom. The summed E-state index contributed by atoms with van der Waals surface area (Å²) in [7, 11) is -3.71. The molecule has 3 rings (SSSR count). The smallest absolute Gasteiger partial charge is 0.269 e. The fourth-order valence-corrected chi connectivity index (χ4v) is 3.86. The average Bonchev–Trinajstić information content (AvgIpc) is 2.91. The fraction of sp³-hybridized carbons (Fsp3) is 0.167. The lowest BCUT2D eigenvalue weighted by atomic mass is 10.1. The lowest BCUT2D eigenvalue weighted by molar-refractivity contribution is 0.591. The zero-order valence-electron chi connectivity index (χ0n) is 10.7. The number of anilines is 1. The number of hydrogen-bond donors (Lipinski definition) is 2. The molecule has 1 aliphatic heterocycles. The summed E-state index contributed by atoms with van der Waals surface area (Å²) in [4.78, 5) is 4.16. The molecule has 104 valence electrons. The van der Waals surface area contributed by atoms with Crippen molar-refractivity contribution in [1.82, 2.24) is 15.2 Å². The molecule has 7 nitrogen and oxygen atoms in total. The maximum Gasteiger partial charge on any atom is 0.269 e. The molecule has 3 N–H and O–H groups in total. The minimum atomic E-state index is -3.71. The largest absolute Gasteiger partial charge is 0.323 e. The van der Waals surface area contributed by atoms with Gasteiger partial charge in [0.1, 0.15) is 0 Å². The zero-order chi connectivity index (χ0) is 14.3. The molecule has 0 fully saturated rings. The number of rotatable bonds is 2. The Kier molecular flexibility index (Phi) is 2.84. The van der Waals surface area contributed by atoms with Crippen LogP contribution in [0.5, 0.6) is 0 Å². The van der Waals surface area contributed by atoms with E-state index < -0.39 is 16.1 Å². The molecule has 0 saturated heterocycles. The summed E-state index contributed by atoms with van der Waals surface area (Å²) in [5, 5.41) is 6.41. The first-order chi connectivity index (χ1) is 9.51. The first-order valence-electron chi connectivity index (χ1n) is 5.97. The van der Waals surface area contributed by atoms with E-state index >= 15 is 0 Å². The van der Waals surface area contributed by atoms with Crippen molar-refractivity contribution >= 4 is 21.8 Å². The van der Waals surface area contributed by atoms with E-state index in [1.807, 2.05) is 0 Å². The SMILES string of the molecule is C[C@H](N)C1=Cc2cnccc2S(=O)(=O)N1c1cn[nH]c1. The number of H-pyrrole nitrogens is 1. The molecular weight excluding hydrogens is 278 g/mol. The molecule has 0 saturated carbocycles. The molecule has 1 aliphatic rings. The number of hydrogen-bond acceptors (Lipinski definition) is 5. The van der Waals surface area contributed by atoms with Gasteiger partial charge in [-0.3, -0.25) is 10.1 Å². The second-order valence-electron chi connectivity index (χ2n) is 4.50. The number of aromatic nitrogens is 3. The van der Waals surface area contributed by atoms with Gasteiger partial charge in [0, 0.05) is 30.2 Å². The molecule has 8 heteroatoms. The van der Waals surface area contributed by atoms with Gasteiger partial charge in [-0.05, 0) is 19.1 Å². The van der Waals surface area contributed by atoms with Gasteiger partial charge in [-0.25, -0.2) is 12.7 Å². The summed E-state index contributed by atoms with van der Waals surface area (Å²) in [6.45, 7) is 1.73. The van der Waals surface area contributed by atoms with Gasteiger partial charge in [-0.2, -0.15) is 5.10 Å². The van der Waals surface area contributed by atoms with Gasteiger partial charge < -0.3 is 5.73 Å². The van der Waals surface area contributed by atoms with E-state index in [1.54, 1.807) is 13.0 Å². The molecule has 0 spiro atoms. The summed E-state index contributed by atoms with van der Waals surface area (Å²) in [6.07, 6.45) is 7.66. The molecule has 2 aromatic rings. The first kappa shape index (κ1) is 12.8. The summed E-state index contributed by atoms with van der Waals surface area (Å²) in [5.41, 5.74) is 7.36. The predicted molar refractivity (Wildman–Crippen MR) is 74.1 cm³/mol. The molecule has 0 amide bonds. The van der Waals surface area contributed by atoms with Crippen LogP contribution in [0.25, 0.3) is 6.08 Å². The third kappa shape index (κ3) is 1.81. The van der Waals surface area contributed by atoms with Crippen molar-refractivity contribution in [3.8, 4) is 0 Å². The maximum atomic E-state index is 12.8. The van der Waals surface area contributed by atoms with Gasteiger partial charge in [-0.15, -0.1) is 0 Å². The third-order valence-electron chi connectivity index (χ3n) is 3.05. The highest BCUT2D eigenvalue weighted by molar-refractivity contribution is 7.93. The molecule has 2 aromatic heterocycles. The Balaban J connectivity index is 2.30. The zero-order valence-corrected chi connectivity index (χ0v) is 11.5. The Hall–Kier alpha value is -2.19. The quantitative estimate of drug-likeness (QED) is 0.847. The number of nitrogens with two attached hydrogens (primary N) is 1. The van der Waals surface area contributed by atoms with Crippen LogP contribution in [-0.4, -0.2) is 29.6 Å². The van der Waals surface area contributed by atoms with Crippen LogP contribution in [0.2, 0.25) is 0 Å². The number of nitrogens with one attached hydrogen (secondary N) is 1. The second-order valence-corrected chi connectivity index (χ2v) is 6.25. The van der Waals surface area contributed by atoms with Crippen molar-refractivity contribution in [1.29, 1.82) is 0 Å². The summed E-state index contributed by atoms with van der Waals surface area (Å²) < 4.78 is 26.8. The van der Waals surface area contributed by atoms with Crippen LogP contribution < -0.4 is 10.0 Å². The van der Waals surface area contributed by atoms with Gasteiger partial charge in [0.05, 0.1) is 22.5 Å². The van der Waals surface area contributed by atoms with Crippen molar-refractivity contribution in [2.75, 3.05) is 4.31 Å². The van der Waals surface area contributed by atoms with Crippen LogP contribution in [0.4, 0.5) is 5.69 Å². The van der Waals surface area contributed by atoms with E-state index in [1.165, 1.54) is 35.2 Å². The van der Waals surface area contributed by atoms with Crippen LogP contribution in [0.3, 0.4) is 0 Å². The fourth-order valence-electron chi connectivity index (χ4n) is 2.15. The highest BCUT2D eigenvalue weighted by Crippen LogP contribution is 2.35. The molecule has 0 radical (unpaired) electrons. The predicted octanol–water partition coefficient (Wildman–Crippen LogP) is 0.702. The van der Waals surface area contributed by atoms with Gasteiger partial charge in [0.25, 0.3) is 10.0 Å². The van der Waals surface area contributed by atoms with E-state index in [-0.39, 0.29) is 4.90 Å². The average molecular weight is 291 g/mol. The Morgan fingerprint density at radius 2 is 2.20 bits per heavy atom. The summed E-state index contributed by atoms with van der Waals surface area (Å²) in [6, 6.07) is 1.03. The molecular formula is C12H13N5O2S. The molecule has 0 aromatic carbocycles. The lowest BCUT2D eigenvalue weighted by Gasteiger charge is -2.31. The van der Waals surface area contributed by atoms with Crippen LogP contribution in [0.15, 0.2) is 41.4 Å². The summed E-state index contributed by atoms with van der Waals surface area (Å²) >= 11 is 0. The van der Waals surface area contributed by atoms with Crippen LogP contribution in [-0.2, 0) is 10.0 Å². The molecule has 1 atom stereocenters. The second kappa shape index (κ2) is 4.43. The van der Waals surface area contributed by atoms with Crippen molar-refractivity contribution in [2.24, 2.45) is 5.73 Å². The van der Waals surface area contributed by atoms with Gasteiger partial charge in [0.2, 0.25) is 0 Å². The number of pyridine rings is 1. The number of fused-ring (bicyclic) bond motifs is 1. The van der Waals surface area contributed by atoms with Crippen molar-refractivity contribution in [3.05, 3.63) is 42.1 Å². The van der Waals surface area contributed by atoms with Crippen LogP contribution >= 0.6 is 0 Å². The molecule has 0 unspecified atom stereocenters. The van der Waals surface area contributed by atoms with E-state index in [4.69, 9.17) is 5.73 Å². The maximum absolute atomic E-state index is 12.8. The number of nitrogens with zero attached hydrogens (tertiary/aromatic N) is 3. The Bertz CT molecular complexity index is 765. The minimum Gasteiger partial charge on any atom is -0.323 e. The van der Waals surface area contributed by atoms with Crippen molar-refractivity contribution < 1.29 is 8.42 Å². The van der Waals surface area contributed by atoms with Crippen LogP contribution in [0, 0.1) is 0 Å². The van der Waals surface area contributed by atoms with Gasteiger partial charge in [-0.1, -0.05) is 0 Å². The highest BCUT2D eigenvalue weighted by atomic mass is 32.2. The van der Waals surface area contributed by atoms with E-state index in [9.17, 15) is 8.42 Å².